The lowest BCUT2D eigenvalue weighted by Gasteiger charge is -2.02. The summed E-state index contributed by atoms with van der Waals surface area (Å²) in [6, 6.07) is 6.83. The first-order valence-electron chi connectivity index (χ1n) is 5.51. The lowest BCUT2D eigenvalue weighted by atomic mass is 10.0. The highest BCUT2D eigenvalue weighted by atomic mass is 16.4. The number of fused-ring (bicyclic) bond motifs is 1. The van der Waals surface area contributed by atoms with E-state index in [2.05, 4.69) is 0 Å². The molecule has 0 aliphatic heterocycles. The molecule has 0 fully saturated rings. The molecule has 1 aromatic carbocycles. The SMILES string of the molecule is CCCC(=O)c1cccc2c1ccn2C(=O)O. The monoisotopic (exact) mass is 231 g/mol. The molecule has 0 spiro atoms. The molecule has 0 aliphatic rings. The molecule has 0 atom stereocenters. The van der Waals surface area contributed by atoms with Gasteiger partial charge in [-0.15, -0.1) is 0 Å². The summed E-state index contributed by atoms with van der Waals surface area (Å²) in [6.07, 6.45) is 1.70. The van der Waals surface area contributed by atoms with Crippen molar-refractivity contribution in [2.75, 3.05) is 0 Å². The number of benzene rings is 1. The maximum absolute atomic E-state index is 11.9. The Morgan fingerprint density at radius 1 is 1.29 bits per heavy atom. The van der Waals surface area contributed by atoms with Crippen LogP contribution in [0.3, 0.4) is 0 Å². The number of hydrogen-bond acceptors (Lipinski definition) is 2. The number of rotatable bonds is 3. The van der Waals surface area contributed by atoms with Crippen LogP contribution in [0.25, 0.3) is 10.9 Å². The molecule has 1 heterocycles. The second kappa shape index (κ2) is 4.41. The predicted octanol–water partition coefficient (Wildman–Crippen LogP) is 3.15. The zero-order valence-corrected chi connectivity index (χ0v) is 9.51. The van der Waals surface area contributed by atoms with Crippen molar-refractivity contribution in [1.29, 1.82) is 0 Å². The summed E-state index contributed by atoms with van der Waals surface area (Å²) in [6.45, 7) is 1.94. The molecule has 17 heavy (non-hydrogen) atoms. The smallest absolute Gasteiger partial charge is 0.415 e. The van der Waals surface area contributed by atoms with Crippen molar-refractivity contribution in [3.63, 3.8) is 0 Å². The molecule has 0 unspecified atom stereocenters. The maximum Gasteiger partial charge on any atom is 0.415 e. The molecule has 4 heteroatoms. The van der Waals surface area contributed by atoms with E-state index in [4.69, 9.17) is 5.11 Å². The predicted molar refractivity (Wildman–Crippen MR) is 64.6 cm³/mol. The summed E-state index contributed by atoms with van der Waals surface area (Å²) in [5.74, 6) is 0.0567. The molecule has 0 bridgehead atoms. The van der Waals surface area contributed by atoms with Crippen molar-refractivity contribution in [2.24, 2.45) is 0 Å². The van der Waals surface area contributed by atoms with Gasteiger partial charge in [0, 0.05) is 23.6 Å². The first kappa shape index (κ1) is 11.4. The molecule has 2 rings (SSSR count). The molecule has 0 saturated carbocycles. The number of aromatic nitrogens is 1. The molecular formula is C13H13NO3. The average molecular weight is 231 g/mol. The Hall–Kier alpha value is -2.10. The van der Waals surface area contributed by atoms with Crippen molar-refractivity contribution in [1.82, 2.24) is 4.57 Å². The normalized spacial score (nSPS) is 10.6. The van der Waals surface area contributed by atoms with Crippen LogP contribution in [0.2, 0.25) is 0 Å². The third-order valence-corrected chi connectivity index (χ3v) is 2.72. The number of carbonyl (C=O) groups excluding carboxylic acids is 1. The van der Waals surface area contributed by atoms with Gasteiger partial charge in [0.2, 0.25) is 0 Å². The van der Waals surface area contributed by atoms with E-state index >= 15 is 0 Å². The average Bonchev–Trinajstić information content (AvgIpc) is 2.72. The van der Waals surface area contributed by atoms with Crippen molar-refractivity contribution in [3.05, 3.63) is 36.0 Å². The molecular weight excluding hydrogens is 218 g/mol. The summed E-state index contributed by atoms with van der Waals surface area (Å²) < 4.78 is 1.12. The molecule has 4 nitrogen and oxygen atoms in total. The highest BCUT2D eigenvalue weighted by molar-refractivity contribution is 6.08. The van der Waals surface area contributed by atoms with E-state index in [1.54, 1.807) is 24.3 Å². The Morgan fingerprint density at radius 3 is 2.71 bits per heavy atom. The van der Waals surface area contributed by atoms with Crippen LogP contribution in [-0.4, -0.2) is 21.6 Å². The van der Waals surface area contributed by atoms with Gasteiger partial charge in [0.15, 0.2) is 5.78 Å². The fourth-order valence-electron chi connectivity index (χ4n) is 1.94. The zero-order chi connectivity index (χ0) is 12.4. The number of hydrogen-bond donors (Lipinski definition) is 1. The second-order valence-electron chi connectivity index (χ2n) is 3.88. The van der Waals surface area contributed by atoms with Crippen LogP contribution >= 0.6 is 0 Å². The highest BCUT2D eigenvalue weighted by Gasteiger charge is 2.13. The number of carbonyl (C=O) groups is 2. The van der Waals surface area contributed by atoms with Gasteiger partial charge in [0.1, 0.15) is 0 Å². The Kier molecular flexibility index (Phi) is 2.95. The van der Waals surface area contributed by atoms with Crippen LogP contribution in [0, 0.1) is 0 Å². The fourth-order valence-corrected chi connectivity index (χ4v) is 1.94. The van der Waals surface area contributed by atoms with Gasteiger partial charge in [-0.25, -0.2) is 4.79 Å². The molecule has 1 aromatic heterocycles. The van der Waals surface area contributed by atoms with Crippen LogP contribution in [0.1, 0.15) is 30.1 Å². The van der Waals surface area contributed by atoms with E-state index < -0.39 is 6.09 Å². The van der Waals surface area contributed by atoms with Crippen LogP contribution < -0.4 is 0 Å². The second-order valence-corrected chi connectivity index (χ2v) is 3.88. The molecule has 0 saturated heterocycles. The summed E-state index contributed by atoms with van der Waals surface area (Å²) in [5, 5.41) is 9.68. The van der Waals surface area contributed by atoms with Crippen LogP contribution in [0.5, 0.6) is 0 Å². The van der Waals surface area contributed by atoms with E-state index in [9.17, 15) is 9.59 Å². The standard InChI is InChI=1S/C13H13NO3/c1-2-4-12(15)10-5-3-6-11-9(10)7-8-14(11)13(16)17/h3,5-8H,2,4H2,1H3,(H,16,17). The molecule has 0 radical (unpaired) electrons. The first-order valence-corrected chi connectivity index (χ1v) is 5.51. The van der Waals surface area contributed by atoms with Crippen molar-refractivity contribution < 1.29 is 14.7 Å². The minimum absolute atomic E-state index is 0.0567. The van der Waals surface area contributed by atoms with E-state index in [1.165, 1.54) is 6.20 Å². The molecule has 1 N–H and O–H groups in total. The van der Waals surface area contributed by atoms with Gasteiger partial charge in [-0.05, 0) is 18.6 Å². The minimum atomic E-state index is -1.04. The largest absolute Gasteiger partial charge is 0.464 e. The Labute approximate surface area is 98.5 Å². The van der Waals surface area contributed by atoms with E-state index in [-0.39, 0.29) is 5.78 Å². The third kappa shape index (κ3) is 1.93. The van der Waals surface area contributed by atoms with Crippen LogP contribution in [0.4, 0.5) is 4.79 Å². The Morgan fingerprint density at radius 2 is 2.06 bits per heavy atom. The molecule has 0 aliphatic carbocycles. The van der Waals surface area contributed by atoms with Gasteiger partial charge < -0.3 is 5.11 Å². The van der Waals surface area contributed by atoms with Crippen molar-refractivity contribution >= 4 is 22.8 Å². The Balaban J connectivity index is 2.59. The van der Waals surface area contributed by atoms with Gasteiger partial charge in [-0.1, -0.05) is 19.1 Å². The summed E-state index contributed by atoms with van der Waals surface area (Å²) in [7, 11) is 0. The number of nitrogens with zero attached hydrogens (tertiary/aromatic N) is 1. The van der Waals surface area contributed by atoms with E-state index in [0.717, 1.165) is 11.0 Å². The summed E-state index contributed by atoms with van der Waals surface area (Å²) >= 11 is 0. The van der Waals surface area contributed by atoms with E-state index in [1.807, 2.05) is 6.92 Å². The van der Waals surface area contributed by atoms with Gasteiger partial charge in [0.25, 0.3) is 0 Å². The quantitative estimate of drug-likeness (QED) is 0.825. The van der Waals surface area contributed by atoms with Crippen molar-refractivity contribution in [3.8, 4) is 0 Å². The lowest BCUT2D eigenvalue weighted by molar-refractivity contribution is 0.0983. The molecule has 0 amide bonds. The highest BCUT2D eigenvalue weighted by Crippen LogP contribution is 2.21. The van der Waals surface area contributed by atoms with Crippen molar-refractivity contribution in [2.45, 2.75) is 19.8 Å². The van der Waals surface area contributed by atoms with Gasteiger partial charge in [-0.3, -0.25) is 9.36 Å². The zero-order valence-electron chi connectivity index (χ0n) is 9.51. The van der Waals surface area contributed by atoms with Gasteiger partial charge in [0.05, 0.1) is 5.52 Å². The fraction of sp³-hybridized carbons (Fsp3) is 0.231. The number of carboxylic acid groups (broad SMARTS) is 1. The third-order valence-electron chi connectivity index (χ3n) is 2.72. The Bertz CT molecular complexity index is 583. The topological polar surface area (TPSA) is 59.3 Å². The van der Waals surface area contributed by atoms with Gasteiger partial charge >= 0.3 is 6.09 Å². The number of Topliss-reactive ketones (excluding diaryl/α,β-unsaturated/α-hetero) is 1. The number of ketones is 1. The maximum atomic E-state index is 11.9. The molecule has 88 valence electrons. The first-order chi connectivity index (χ1) is 8.15. The van der Waals surface area contributed by atoms with Crippen LogP contribution in [-0.2, 0) is 0 Å². The van der Waals surface area contributed by atoms with Gasteiger partial charge in [-0.2, -0.15) is 0 Å². The van der Waals surface area contributed by atoms with E-state index in [0.29, 0.717) is 22.9 Å². The summed E-state index contributed by atoms with van der Waals surface area (Å²) in [5.41, 5.74) is 1.16. The summed E-state index contributed by atoms with van der Waals surface area (Å²) in [4.78, 5) is 22.8. The molecule has 2 aromatic rings. The van der Waals surface area contributed by atoms with Crippen LogP contribution in [0.15, 0.2) is 30.5 Å². The minimum Gasteiger partial charge on any atom is -0.464 e. The lowest BCUT2D eigenvalue weighted by Crippen LogP contribution is -2.06.